The maximum Gasteiger partial charge on any atom is 0.343 e. The number of alkyl halides is 1. The molecule has 4 aromatic carbocycles. The summed E-state index contributed by atoms with van der Waals surface area (Å²) in [6.07, 6.45) is 9.24. The van der Waals surface area contributed by atoms with Crippen LogP contribution in [0.25, 0.3) is 45.0 Å². The van der Waals surface area contributed by atoms with Crippen LogP contribution in [-0.2, 0) is 42.9 Å². The minimum absolute atomic E-state index is 0.00600. The van der Waals surface area contributed by atoms with Gasteiger partial charge in [-0.2, -0.15) is 0 Å². The number of pyridine rings is 4. The maximum absolute atomic E-state index is 12.7. The Bertz CT molecular complexity index is 5990. The average Bonchev–Trinajstić information content (AvgIpc) is 1.72. The SMILES string of the molecule is CC(C)(C)OC(=O)CCCBr.CCN(CC)C(=O)CCCOc1cc2c(cc1Cl)-c1cc(=O)c(C(=O)O)cn1[C@H](C(C)C)CO2.CCNCC.COC(=O)c1cn2c(cc1=O)-c1cc(Cl)c(O)cc1OC[C@H]2C(C)C.COC(=O)c1cn2c(cc1=O)-c1cc(Cl)c(OCCCC(=O)O)cc1OC[C@H]2C(C)C.COC(=O)c1cn2c(cc1=O)-c1cc(Cl)c(OCCCC(=O)OC(C)(C)C)cc1OC[C@H]2C(C)C. The first kappa shape index (κ1) is 116. The Balaban J connectivity index is 0.000000243. The third-order valence-corrected chi connectivity index (χ3v) is 24.3. The molecule has 4 aliphatic rings. The van der Waals surface area contributed by atoms with E-state index in [0.717, 1.165) is 24.8 Å². The molecule has 0 saturated carbocycles. The Morgan fingerprint density at radius 1 is 0.426 bits per heavy atom. The highest BCUT2D eigenvalue weighted by Crippen LogP contribution is 2.48. The summed E-state index contributed by atoms with van der Waals surface area (Å²) in [7, 11) is 3.71. The zero-order chi connectivity index (χ0) is 105. The molecule has 770 valence electrons. The quantitative estimate of drug-likeness (QED) is 0.0141. The van der Waals surface area contributed by atoms with Gasteiger partial charge in [0.1, 0.15) is 106 Å². The number of rotatable bonds is 30. The smallest absolute Gasteiger partial charge is 0.343 e. The van der Waals surface area contributed by atoms with E-state index in [1.807, 2.05) is 124 Å². The molecule has 4 N–H and O–H groups in total. The van der Waals surface area contributed by atoms with Gasteiger partial charge in [-0.05, 0) is 142 Å². The van der Waals surface area contributed by atoms with Gasteiger partial charge in [0.05, 0.1) is 108 Å². The first-order valence-electron chi connectivity index (χ1n) is 46.7. The second kappa shape index (κ2) is 54.1. The van der Waals surface area contributed by atoms with E-state index in [1.165, 1.54) is 76.4 Å². The van der Waals surface area contributed by atoms with E-state index in [0.29, 0.717) is 179 Å². The molecule has 4 aromatic heterocycles. The molecule has 0 saturated heterocycles. The summed E-state index contributed by atoms with van der Waals surface area (Å²) in [6, 6.07) is 17.9. The summed E-state index contributed by atoms with van der Waals surface area (Å²) in [6.45, 7) is 40.9. The van der Waals surface area contributed by atoms with Crippen LogP contribution < -0.4 is 60.2 Å². The second-order valence-electron chi connectivity index (χ2n) is 36.5. The number of benzene rings is 4. The van der Waals surface area contributed by atoms with Crippen molar-refractivity contribution in [3.63, 3.8) is 0 Å². The molecule has 0 fully saturated rings. The number of hydrogen-bond donors (Lipinski definition) is 4. The van der Waals surface area contributed by atoms with Crippen LogP contribution >= 0.6 is 62.3 Å². The number of aromatic nitrogens is 4. The van der Waals surface area contributed by atoms with Crippen LogP contribution in [0.5, 0.6) is 46.0 Å². The number of hydrogen-bond acceptors (Lipinski definition) is 26. The minimum atomic E-state index is -1.27. The molecule has 4 aliphatic heterocycles. The number of phenols is 1. The highest BCUT2D eigenvalue weighted by molar-refractivity contribution is 9.09. The number of carboxylic acids is 2. The molecule has 0 unspecified atom stereocenters. The molecule has 33 nitrogen and oxygen atoms in total. The van der Waals surface area contributed by atoms with Crippen molar-refractivity contribution >= 4 is 110 Å². The minimum Gasteiger partial charge on any atom is -0.506 e. The molecule has 8 aromatic rings. The third-order valence-electron chi connectivity index (χ3n) is 22.5. The normalized spacial score (nSPS) is 14.5. The number of carboxylic acid groups (broad SMARTS) is 2. The molecule has 0 bridgehead atoms. The molecular weight excluding hydrogens is 1970 g/mol. The number of aromatic hydroxyl groups is 1. The van der Waals surface area contributed by atoms with Gasteiger partial charge in [0.25, 0.3) is 0 Å². The van der Waals surface area contributed by atoms with Crippen LogP contribution in [0.1, 0.15) is 242 Å². The Kier molecular flexibility index (Phi) is 44.6. The van der Waals surface area contributed by atoms with Gasteiger partial charge in [-0.1, -0.05) is 132 Å². The lowest BCUT2D eigenvalue weighted by atomic mass is 10.0. The van der Waals surface area contributed by atoms with Gasteiger partial charge >= 0.3 is 41.8 Å². The van der Waals surface area contributed by atoms with Gasteiger partial charge < -0.3 is 101 Å². The summed E-state index contributed by atoms with van der Waals surface area (Å²) in [5, 5.41) is 33.1. The monoisotopic (exact) mass is 2100 g/mol. The fraction of sp³-hybridized carbons (Fsp3) is 0.495. The summed E-state index contributed by atoms with van der Waals surface area (Å²) in [5.74, 6) is -0.919. The molecule has 141 heavy (non-hydrogen) atoms. The Hall–Kier alpha value is -11.6. The van der Waals surface area contributed by atoms with Gasteiger partial charge in [-0.15, -0.1) is 0 Å². The largest absolute Gasteiger partial charge is 0.506 e. The lowest BCUT2D eigenvalue weighted by Crippen LogP contribution is -2.30. The van der Waals surface area contributed by atoms with Crippen LogP contribution in [-0.4, -0.2) is 196 Å². The van der Waals surface area contributed by atoms with Crippen molar-refractivity contribution in [1.82, 2.24) is 28.5 Å². The zero-order valence-electron chi connectivity index (χ0n) is 83.8. The van der Waals surface area contributed by atoms with E-state index >= 15 is 0 Å². The highest BCUT2D eigenvalue weighted by Gasteiger charge is 2.35. The van der Waals surface area contributed by atoms with Crippen molar-refractivity contribution in [3.8, 4) is 91.0 Å². The third kappa shape index (κ3) is 32.5. The molecule has 0 radical (unpaired) electrons. The molecule has 12 rings (SSSR count). The van der Waals surface area contributed by atoms with Crippen LogP contribution in [0.2, 0.25) is 20.1 Å². The van der Waals surface area contributed by atoms with E-state index in [-0.39, 0.29) is 130 Å². The van der Waals surface area contributed by atoms with Crippen LogP contribution in [0, 0.1) is 23.7 Å². The number of nitrogens with one attached hydrogen (secondary N) is 1. The molecule has 0 spiro atoms. The number of fused-ring (bicyclic) bond motifs is 12. The number of halogens is 5. The van der Waals surface area contributed by atoms with E-state index in [2.05, 4.69) is 35.1 Å². The number of esters is 5. The van der Waals surface area contributed by atoms with Crippen molar-refractivity contribution in [1.29, 1.82) is 0 Å². The van der Waals surface area contributed by atoms with E-state index < -0.39 is 57.2 Å². The van der Waals surface area contributed by atoms with Crippen LogP contribution in [0.15, 0.2) is 117 Å². The first-order chi connectivity index (χ1) is 66.5. The molecular formula is C103H131BrCl4N6O27. The number of ether oxygens (including phenoxy) is 12. The summed E-state index contributed by atoms with van der Waals surface area (Å²) >= 11 is 28.7. The number of aromatic carboxylic acids is 1. The molecule has 1 amide bonds. The Morgan fingerprint density at radius 3 is 0.979 bits per heavy atom. The van der Waals surface area contributed by atoms with Gasteiger partial charge in [-0.25, -0.2) is 19.2 Å². The van der Waals surface area contributed by atoms with Crippen molar-refractivity contribution in [2.75, 3.05) is 99.1 Å². The summed E-state index contributed by atoms with van der Waals surface area (Å²) in [4.78, 5) is 145. The number of nitrogens with zero attached hydrogens (tertiary/aromatic N) is 5. The first-order valence-corrected chi connectivity index (χ1v) is 49.3. The van der Waals surface area contributed by atoms with Crippen LogP contribution in [0.4, 0.5) is 0 Å². The molecule has 8 heterocycles. The van der Waals surface area contributed by atoms with E-state index in [9.17, 15) is 67.7 Å². The van der Waals surface area contributed by atoms with Crippen molar-refractivity contribution in [2.24, 2.45) is 23.7 Å². The summed E-state index contributed by atoms with van der Waals surface area (Å²) in [5.41, 5.74) is 1.44. The van der Waals surface area contributed by atoms with Crippen LogP contribution in [0.3, 0.4) is 0 Å². The Labute approximate surface area is 849 Å². The van der Waals surface area contributed by atoms with E-state index in [1.54, 1.807) is 51.9 Å². The molecule has 38 heteroatoms. The Morgan fingerprint density at radius 2 is 0.709 bits per heavy atom. The van der Waals surface area contributed by atoms with Crippen molar-refractivity contribution in [3.05, 3.63) is 181 Å². The van der Waals surface area contributed by atoms with Crippen molar-refractivity contribution < 1.29 is 111 Å². The maximum atomic E-state index is 12.7. The zero-order valence-corrected chi connectivity index (χ0v) is 88.4. The lowest BCUT2D eigenvalue weighted by Gasteiger charge is -2.24. The standard InChI is InChI=1S/C26H32ClNO7.C25H31ClN2O6.C22H24ClNO7.C18H18ClNO5.C8H15BrO2.C4H11N/c1-15(2)20-14-34-22-12-23(33-9-7-8-24(30)35-26(3,4)5)18(27)10-16(22)19-11-21(29)17(13-28(19)20)25(31)32-6;1-5-27(6-2)24(30)8-7-9-33-23-12-22-16(10-18(23)26)19-11-21(29)17(25(31)32)13-28(19)20(14-34-22)15(3)4;1-12(2)17-11-31-19-9-20(30-6-4-5-21(26)27)15(23)7-13(19)16-8-18(25)14(10-24(16)17)22(28)29-3;1-9(2)14-8-25-17-6-16(22)12(19)4-10(17)13-5-15(21)11(7-20(13)14)18(23)24-3;1-8(2,3)11-7(10)5-4-6-9;1-3-5-4-2/h10-13,15,20H,7-9,14H2,1-6H3;10-13,15,20H,5-9,14H2,1-4H3,(H,31,32);7-10,12,17H,4-6,11H2,1-3H3,(H,26,27);4-7,9,14,22H,8H2,1-3H3;4-6H2,1-3H3;5H,3-4H2,1-2H3/t2*20-;17-;14-;;/m0000../s1. The number of phenolic OH excluding ortho intramolecular Hbond substituents is 1. The number of amides is 1. The predicted molar refractivity (Wildman–Crippen MR) is 543 cm³/mol. The molecule has 4 atom stereocenters. The predicted octanol–water partition coefficient (Wildman–Crippen LogP) is 19.7. The fourth-order valence-corrected chi connectivity index (χ4v) is 16.2. The second-order valence-corrected chi connectivity index (χ2v) is 38.9. The topological polar surface area (TPSA) is 411 Å². The van der Waals surface area contributed by atoms with Crippen molar-refractivity contribution in [2.45, 2.75) is 211 Å². The average molecular weight is 2110 g/mol. The number of methoxy groups -OCH3 is 3. The summed E-state index contributed by atoms with van der Waals surface area (Å²) < 4.78 is 73.4. The number of aliphatic carboxylic acids is 1. The number of carbonyl (C=O) groups is 8. The fourth-order valence-electron chi connectivity index (χ4n) is 15.1. The van der Waals surface area contributed by atoms with E-state index in [4.69, 9.17) is 108 Å². The highest BCUT2D eigenvalue weighted by atomic mass is 79.9. The van der Waals surface area contributed by atoms with Gasteiger partial charge in [0.15, 0.2) is 21.7 Å². The van der Waals surface area contributed by atoms with Gasteiger partial charge in [0, 0.05) is 140 Å². The van der Waals surface area contributed by atoms with Gasteiger partial charge in [-0.3, -0.25) is 38.4 Å². The molecule has 0 aliphatic carbocycles. The lowest BCUT2D eigenvalue weighted by molar-refractivity contribution is -0.156. The number of carbonyl (C=O) groups excluding carboxylic acids is 6. The van der Waals surface area contributed by atoms with Gasteiger partial charge in [0.2, 0.25) is 5.91 Å².